The Morgan fingerprint density at radius 2 is 1.76 bits per heavy atom. The lowest BCUT2D eigenvalue weighted by Crippen LogP contribution is -2.39. The summed E-state index contributed by atoms with van der Waals surface area (Å²) in [6, 6.07) is 16.5. The van der Waals surface area contributed by atoms with Crippen molar-refractivity contribution in [1.29, 1.82) is 0 Å². The van der Waals surface area contributed by atoms with Gasteiger partial charge in [0.15, 0.2) is 0 Å². The Kier molecular flexibility index (Phi) is 4.32. The van der Waals surface area contributed by atoms with Crippen LogP contribution < -0.4 is 5.32 Å². The van der Waals surface area contributed by atoms with E-state index in [1.54, 1.807) is 12.1 Å². The molecule has 110 valence electrons. The van der Waals surface area contributed by atoms with Crippen LogP contribution in [0.1, 0.15) is 29.9 Å². The smallest absolute Gasteiger partial charge is 0.127 e. The fourth-order valence-electron chi connectivity index (χ4n) is 3.18. The van der Waals surface area contributed by atoms with E-state index in [1.165, 1.54) is 6.07 Å². The van der Waals surface area contributed by atoms with E-state index >= 15 is 0 Å². The summed E-state index contributed by atoms with van der Waals surface area (Å²) in [6.07, 6.45) is 1.35. The van der Waals surface area contributed by atoms with Crippen molar-refractivity contribution in [3.63, 3.8) is 0 Å². The zero-order chi connectivity index (χ0) is 14.7. The van der Waals surface area contributed by atoms with Gasteiger partial charge in [-0.25, -0.2) is 4.39 Å². The van der Waals surface area contributed by atoms with Gasteiger partial charge in [0.25, 0.3) is 0 Å². The van der Waals surface area contributed by atoms with Gasteiger partial charge in [0, 0.05) is 12.0 Å². The van der Waals surface area contributed by atoms with Gasteiger partial charge in [-0.2, -0.15) is 0 Å². The third kappa shape index (κ3) is 2.99. The summed E-state index contributed by atoms with van der Waals surface area (Å²) < 4.78 is 14.2. The minimum absolute atomic E-state index is 0.0230. The Balaban J connectivity index is 2.00. The topological polar surface area (TPSA) is 32.3 Å². The van der Waals surface area contributed by atoms with Crippen LogP contribution in [0.5, 0.6) is 0 Å². The number of hydrogen-bond acceptors (Lipinski definition) is 2. The average molecular weight is 285 g/mol. The van der Waals surface area contributed by atoms with Gasteiger partial charge in [-0.15, -0.1) is 0 Å². The van der Waals surface area contributed by atoms with E-state index in [4.69, 9.17) is 0 Å². The number of hydrogen-bond donors (Lipinski definition) is 2. The normalized spacial score (nSPS) is 21.1. The molecule has 0 bridgehead atoms. The summed E-state index contributed by atoms with van der Waals surface area (Å²) in [5.74, 6) is -0.605. The van der Waals surface area contributed by atoms with Crippen molar-refractivity contribution in [2.45, 2.75) is 30.9 Å². The molecule has 2 nitrogen and oxygen atoms in total. The van der Waals surface area contributed by atoms with Crippen molar-refractivity contribution < 1.29 is 9.50 Å². The second-order valence-corrected chi connectivity index (χ2v) is 5.60. The fourth-order valence-corrected chi connectivity index (χ4v) is 3.18. The maximum atomic E-state index is 14.2. The second-order valence-electron chi connectivity index (χ2n) is 5.60. The summed E-state index contributed by atoms with van der Waals surface area (Å²) in [4.78, 5) is 0. The van der Waals surface area contributed by atoms with Crippen LogP contribution in [0.2, 0.25) is 0 Å². The van der Waals surface area contributed by atoms with E-state index in [0.717, 1.165) is 24.9 Å². The number of nitrogens with one attached hydrogen (secondary N) is 1. The molecule has 0 amide bonds. The molecular formula is C18H20FNO. The molecule has 2 N–H and O–H groups in total. The molecular weight excluding hydrogens is 265 g/mol. The number of aliphatic hydroxyl groups is 1. The molecule has 1 aliphatic heterocycles. The predicted octanol–water partition coefficient (Wildman–Crippen LogP) is 3.07. The molecule has 0 aromatic heterocycles. The van der Waals surface area contributed by atoms with Crippen molar-refractivity contribution in [2.24, 2.45) is 0 Å². The molecule has 3 atom stereocenters. The van der Waals surface area contributed by atoms with E-state index < -0.39 is 6.10 Å². The van der Waals surface area contributed by atoms with Crippen molar-refractivity contribution >= 4 is 0 Å². The number of aliphatic hydroxyl groups excluding tert-OH is 1. The molecule has 21 heavy (non-hydrogen) atoms. The van der Waals surface area contributed by atoms with Gasteiger partial charge < -0.3 is 10.4 Å². The van der Waals surface area contributed by atoms with E-state index in [1.807, 2.05) is 36.4 Å². The molecule has 0 unspecified atom stereocenters. The molecule has 0 aliphatic carbocycles. The lowest BCUT2D eigenvalue weighted by atomic mass is 9.83. The van der Waals surface area contributed by atoms with Crippen molar-refractivity contribution in [3.05, 3.63) is 71.5 Å². The van der Waals surface area contributed by atoms with E-state index in [0.29, 0.717) is 5.56 Å². The average Bonchev–Trinajstić information content (AvgIpc) is 3.05. The zero-order valence-corrected chi connectivity index (χ0v) is 11.9. The second kappa shape index (κ2) is 6.37. The first-order chi connectivity index (χ1) is 10.3. The highest BCUT2D eigenvalue weighted by atomic mass is 19.1. The first-order valence-electron chi connectivity index (χ1n) is 7.48. The van der Waals surface area contributed by atoms with E-state index in [-0.39, 0.29) is 17.8 Å². The molecule has 2 aromatic carbocycles. The third-order valence-electron chi connectivity index (χ3n) is 4.25. The van der Waals surface area contributed by atoms with Crippen molar-refractivity contribution in [1.82, 2.24) is 5.32 Å². The summed E-state index contributed by atoms with van der Waals surface area (Å²) in [6.45, 7) is 0.917. The predicted molar refractivity (Wildman–Crippen MR) is 81.7 cm³/mol. The number of halogens is 1. The minimum atomic E-state index is -0.633. The highest BCUT2D eigenvalue weighted by Gasteiger charge is 2.33. The highest BCUT2D eigenvalue weighted by molar-refractivity contribution is 5.35. The van der Waals surface area contributed by atoms with E-state index in [9.17, 15) is 9.50 Å². The molecule has 3 heteroatoms. The van der Waals surface area contributed by atoms with Crippen LogP contribution in [-0.4, -0.2) is 23.8 Å². The molecule has 1 saturated heterocycles. The molecule has 3 rings (SSSR count). The van der Waals surface area contributed by atoms with Crippen LogP contribution in [0, 0.1) is 5.82 Å². The molecule has 0 spiro atoms. The van der Waals surface area contributed by atoms with E-state index in [2.05, 4.69) is 5.32 Å². The van der Waals surface area contributed by atoms with Crippen molar-refractivity contribution in [2.75, 3.05) is 6.54 Å². The van der Waals surface area contributed by atoms with Crippen LogP contribution in [0.15, 0.2) is 54.6 Å². The minimum Gasteiger partial charge on any atom is -0.391 e. The summed E-state index contributed by atoms with van der Waals surface area (Å²) in [5, 5.41) is 14.1. The van der Waals surface area contributed by atoms with Gasteiger partial charge in [0.2, 0.25) is 0 Å². The van der Waals surface area contributed by atoms with Crippen LogP contribution in [0.3, 0.4) is 0 Å². The SMILES string of the molecule is O[C@H]([C@@H](c1ccccc1)c1ccccc1F)[C@H]1CCCN1. The first-order valence-corrected chi connectivity index (χ1v) is 7.48. The Hall–Kier alpha value is -1.71. The van der Waals surface area contributed by atoms with Crippen LogP contribution in [0.25, 0.3) is 0 Å². The maximum Gasteiger partial charge on any atom is 0.127 e. The van der Waals surface area contributed by atoms with Crippen LogP contribution in [-0.2, 0) is 0 Å². The fraction of sp³-hybridized carbons (Fsp3) is 0.333. The van der Waals surface area contributed by atoms with Gasteiger partial charge >= 0.3 is 0 Å². The standard InChI is InChI=1S/C18H20FNO/c19-15-10-5-4-9-14(15)17(13-7-2-1-3-8-13)18(21)16-11-6-12-20-16/h1-5,7-10,16-18,20-21H,6,11-12H2/t16-,17+,18+/m1/s1. The molecule has 0 saturated carbocycles. The van der Waals surface area contributed by atoms with Crippen LogP contribution >= 0.6 is 0 Å². The third-order valence-corrected chi connectivity index (χ3v) is 4.25. The van der Waals surface area contributed by atoms with Crippen LogP contribution in [0.4, 0.5) is 4.39 Å². The molecule has 0 radical (unpaired) electrons. The number of benzene rings is 2. The van der Waals surface area contributed by atoms with Gasteiger partial charge in [-0.05, 0) is 36.6 Å². The molecule has 1 aliphatic rings. The monoisotopic (exact) mass is 285 g/mol. The van der Waals surface area contributed by atoms with Gasteiger partial charge in [0.1, 0.15) is 5.82 Å². The summed E-state index contributed by atoms with van der Waals surface area (Å²) >= 11 is 0. The van der Waals surface area contributed by atoms with Crippen molar-refractivity contribution in [3.8, 4) is 0 Å². The lowest BCUT2D eigenvalue weighted by molar-refractivity contribution is 0.118. The largest absolute Gasteiger partial charge is 0.391 e. The Morgan fingerprint density at radius 3 is 2.43 bits per heavy atom. The Labute approximate surface area is 124 Å². The molecule has 1 heterocycles. The van der Waals surface area contributed by atoms with Gasteiger partial charge in [0.05, 0.1) is 6.10 Å². The summed E-state index contributed by atoms with van der Waals surface area (Å²) in [7, 11) is 0. The Morgan fingerprint density at radius 1 is 1.05 bits per heavy atom. The highest BCUT2D eigenvalue weighted by Crippen LogP contribution is 2.33. The maximum absolute atomic E-state index is 14.2. The Bertz CT molecular complexity index is 581. The zero-order valence-electron chi connectivity index (χ0n) is 11.9. The number of rotatable bonds is 4. The quantitative estimate of drug-likeness (QED) is 0.905. The molecule has 1 fully saturated rings. The first kappa shape index (κ1) is 14.2. The van der Waals surface area contributed by atoms with Gasteiger partial charge in [-0.1, -0.05) is 48.5 Å². The summed E-state index contributed by atoms with van der Waals surface area (Å²) in [5.41, 5.74) is 1.51. The lowest BCUT2D eigenvalue weighted by Gasteiger charge is -2.28. The van der Waals surface area contributed by atoms with Gasteiger partial charge in [-0.3, -0.25) is 0 Å². The molecule has 2 aromatic rings.